The van der Waals surface area contributed by atoms with E-state index in [1.807, 2.05) is 30.3 Å². The van der Waals surface area contributed by atoms with Gasteiger partial charge in [0.2, 0.25) is 0 Å². The Morgan fingerprint density at radius 2 is 1.96 bits per heavy atom. The molecule has 3 aromatic rings. The van der Waals surface area contributed by atoms with E-state index in [0.29, 0.717) is 11.4 Å². The zero-order valence-corrected chi connectivity index (χ0v) is 14.2. The van der Waals surface area contributed by atoms with Crippen molar-refractivity contribution in [3.05, 3.63) is 65.7 Å². The summed E-state index contributed by atoms with van der Waals surface area (Å²) < 4.78 is 2.24. The number of hydrogen-bond donors (Lipinski definition) is 1. The van der Waals surface area contributed by atoms with Gasteiger partial charge in [-0.25, -0.2) is 4.98 Å². The van der Waals surface area contributed by atoms with E-state index < -0.39 is 0 Å². The van der Waals surface area contributed by atoms with Gasteiger partial charge < -0.3 is 4.98 Å². The average molecular weight is 337 g/mol. The Morgan fingerprint density at radius 1 is 1.12 bits per heavy atom. The molecule has 0 aliphatic heterocycles. The first-order valence-electron chi connectivity index (χ1n) is 8.28. The van der Waals surface area contributed by atoms with E-state index in [4.69, 9.17) is 4.98 Å². The predicted octanol–water partition coefficient (Wildman–Crippen LogP) is 4.05. The first kappa shape index (κ1) is 15.3. The van der Waals surface area contributed by atoms with Crippen LogP contribution in [0.5, 0.6) is 0 Å². The van der Waals surface area contributed by atoms with Crippen molar-refractivity contribution in [2.45, 2.75) is 30.8 Å². The normalized spacial score (nSPS) is 13.7. The van der Waals surface area contributed by atoms with E-state index in [1.54, 1.807) is 6.20 Å². The Hall–Kier alpha value is -2.27. The minimum Gasteiger partial charge on any atom is -0.359 e. The summed E-state index contributed by atoms with van der Waals surface area (Å²) in [6.07, 6.45) is 6.28. The lowest BCUT2D eigenvalue weighted by atomic mass is 10.0. The van der Waals surface area contributed by atoms with E-state index in [-0.39, 0.29) is 5.78 Å². The number of thioether (sulfide) groups is 1. The van der Waals surface area contributed by atoms with E-state index in [9.17, 15) is 4.79 Å². The van der Waals surface area contributed by atoms with Crippen molar-refractivity contribution in [3.8, 4) is 5.69 Å². The lowest BCUT2D eigenvalue weighted by molar-refractivity contribution is 0.101. The molecule has 1 aliphatic rings. The Balaban J connectivity index is 1.65. The number of para-hydroxylation sites is 1. The number of hydrogen-bond acceptors (Lipinski definition) is 3. The van der Waals surface area contributed by atoms with Crippen LogP contribution in [0.15, 0.2) is 53.8 Å². The van der Waals surface area contributed by atoms with Crippen molar-refractivity contribution in [1.29, 1.82) is 0 Å². The number of carbonyl (C=O) groups excluding carboxylic acids is 1. The van der Waals surface area contributed by atoms with Crippen LogP contribution in [0.1, 0.15) is 34.7 Å². The highest BCUT2D eigenvalue weighted by molar-refractivity contribution is 7.99. The number of benzene rings is 1. The van der Waals surface area contributed by atoms with Gasteiger partial charge in [0.05, 0.1) is 17.1 Å². The number of fused-ring (bicyclic) bond motifs is 1. The Morgan fingerprint density at radius 3 is 2.75 bits per heavy atom. The van der Waals surface area contributed by atoms with Crippen molar-refractivity contribution in [1.82, 2.24) is 14.5 Å². The molecule has 4 rings (SSSR count). The van der Waals surface area contributed by atoms with Gasteiger partial charge in [-0.15, -0.1) is 0 Å². The van der Waals surface area contributed by atoms with Gasteiger partial charge in [0.25, 0.3) is 0 Å². The summed E-state index contributed by atoms with van der Waals surface area (Å²) in [4.78, 5) is 20.1. The minimum atomic E-state index is 0.102. The Kier molecular flexibility index (Phi) is 4.26. The van der Waals surface area contributed by atoms with E-state index in [0.717, 1.165) is 23.7 Å². The van der Waals surface area contributed by atoms with Crippen LogP contribution < -0.4 is 0 Å². The number of carbonyl (C=O) groups is 1. The number of H-pyrrole nitrogens is 1. The highest BCUT2D eigenvalue weighted by atomic mass is 32.2. The zero-order chi connectivity index (χ0) is 16.4. The Labute approximate surface area is 145 Å². The molecule has 1 N–H and O–H groups in total. The molecule has 24 heavy (non-hydrogen) atoms. The lowest BCUT2D eigenvalue weighted by Gasteiger charge is -2.15. The number of aryl methyl sites for hydroxylation is 1. The van der Waals surface area contributed by atoms with Crippen LogP contribution in [-0.2, 0) is 12.8 Å². The first-order valence-corrected chi connectivity index (χ1v) is 9.27. The molecule has 2 heterocycles. The summed E-state index contributed by atoms with van der Waals surface area (Å²) >= 11 is 1.52. The molecule has 0 radical (unpaired) electrons. The van der Waals surface area contributed by atoms with Gasteiger partial charge in [0.15, 0.2) is 10.9 Å². The molecule has 0 unspecified atom stereocenters. The summed E-state index contributed by atoms with van der Waals surface area (Å²) in [7, 11) is 0. The van der Waals surface area contributed by atoms with Crippen molar-refractivity contribution in [2.24, 2.45) is 0 Å². The van der Waals surface area contributed by atoms with E-state index >= 15 is 0 Å². The molecule has 5 heteroatoms. The molecule has 0 saturated carbocycles. The number of nitrogens with zero attached hydrogens (tertiary/aromatic N) is 2. The van der Waals surface area contributed by atoms with Crippen LogP contribution in [0.3, 0.4) is 0 Å². The molecule has 1 aliphatic carbocycles. The fraction of sp³-hybridized carbons (Fsp3) is 0.263. The molecule has 2 aromatic heterocycles. The van der Waals surface area contributed by atoms with Gasteiger partial charge in [0, 0.05) is 17.6 Å². The largest absolute Gasteiger partial charge is 0.359 e. The summed E-state index contributed by atoms with van der Waals surface area (Å²) in [5.41, 5.74) is 4.29. The SMILES string of the molecule is O=C(CSc1nc2c(n1-c1ccccc1)CCCC2)c1ccc[nH]1. The minimum absolute atomic E-state index is 0.102. The van der Waals surface area contributed by atoms with Crippen molar-refractivity contribution >= 4 is 17.5 Å². The molecule has 0 bridgehead atoms. The number of imidazole rings is 1. The molecular formula is C19H19N3OS. The van der Waals surface area contributed by atoms with Crippen LogP contribution in [-0.4, -0.2) is 26.1 Å². The van der Waals surface area contributed by atoms with Crippen LogP contribution in [0, 0.1) is 0 Å². The average Bonchev–Trinajstić information content (AvgIpc) is 3.28. The summed E-state index contributed by atoms with van der Waals surface area (Å²) in [5.74, 6) is 0.494. The molecule has 0 spiro atoms. The van der Waals surface area contributed by atoms with Crippen molar-refractivity contribution < 1.29 is 4.79 Å². The van der Waals surface area contributed by atoms with Gasteiger partial charge >= 0.3 is 0 Å². The molecule has 1 aromatic carbocycles. The van der Waals surface area contributed by atoms with Crippen LogP contribution >= 0.6 is 11.8 Å². The van der Waals surface area contributed by atoms with Gasteiger partial charge in [-0.3, -0.25) is 9.36 Å². The second-order valence-electron chi connectivity index (χ2n) is 5.96. The molecule has 0 amide bonds. The number of Topliss-reactive ketones (excluding diaryl/α,β-unsaturated/α-hetero) is 1. The summed E-state index contributed by atoms with van der Waals surface area (Å²) in [5, 5.41) is 0.924. The second-order valence-corrected chi connectivity index (χ2v) is 6.90. The smallest absolute Gasteiger partial charge is 0.189 e. The fourth-order valence-corrected chi connectivity index (χ4v) is 4.10. The predicted molar refractivity (Wildman–Crippen MR) is 96.1 cm³/mol. The number of aromatic nitrogens is 3. The summed E-state index contributed by atoms with van der Waals surface area (Å²) in [6.45, 7) is 0. The van der Waals surface area contributed by atoms with Gasteiger partial charge in [-0.05, 0) is 49.9 Å². The third-order valence-electron chi connectivity index (χ3n) is 4.35. The maximum Gasteiger partial charge on any atom is 0.189 e. The molecule has 0 saturated heterocycles. The third-order valence-corrected chi connectivity index (χ3v) is 5.29. The van der Waals surface area contributed by atoms with E-state index in [1.165, 1.54) is 36.0 Å². The number of nitrogens with one attached hydrogen (secondary N) is 1. The van der Waals surface area contributed by atoms with E-state index in [2.05, 4.69) is 21.7 Å². The van der Waals surface area contributed by atoms with Gasteiger partial charge in [0.1, 0.15) is 0 Å². The third kappa shape index (κ3) is 2.91. The number of aromatic amines is 1. The molecular weight excluding hydrogens is 318 g/mol. The first-order chi connectivity index (χ1) is 11.8. The topological polar surface area (TPSA) is 50.7 Å². The van der Waals surface area contributed by atoms with Crippen LogP contribution in [0.4, 0.5) is 0 Å². The maximum atomic E-state index is 12.3. The molecule has 4 nitrogen and oxygen atoms in total. The highest BCUT2D eigenvalue weighted by Gasteiger charge is 2.22. The molecule has 122 valence electrons. The van der Waals surface area contributed by atoms with Crippen LogP contribution in [0.2, 0.25) is 0 Å². The highest BCUT2D eigenvalue weighted by Crippen LogP contribution is 2.30. The second kappa shape index (κ2) is 6.69. The summed E-state index contributed by atoms with van der Waals surface area (Å²) in [6, 6.07) is 14.0. The fourth-order valence-electron chi connectivity index (χ4n) is 3.17. The number of rotatable bonds is 5. The Bertz CT molecular complexity index is 837. The number of ketones is 1. The van der Waals surface area contributed by atoms with Gasteiger partial charge in [-0.2, -0.15) is 0 Å². The van der Waals surface area contributed by atoms with Gasteiger partial charge in [-0.1, -0.05) is 30.0 Å². The molecule has 0 fully saturated rings. The standard InChI is InChI=1S/C19H19N3OS/c23-18(16-10-6-12-20-16)13-24-19-21-15-9-4-5-11-17(15)22(19)14-7-2-1-3-8-14/h1-3,6-8,10,12,20H,4-5,9,11,13H2. The van der Waals surface area contributed by atoms with Crippen LogP contribution in [0.25, 0.3) is 5.69 Å². The van der Waals surface area contributed by atoms with Crippen molar-refractivity contribution in [3.63, 3.8) is 0 Å². The quantitative estimate of drug-likeness (QED) is 0.564. The zero-order valence-electron chi connectivity index (χ0n) is 13.4. The molecule has 0 atom stereocenters. The maximum absolute atomic E-state index is 12.3. The monoisotopic (exact) mass is 337 g/mol. The van der Waals surface area contributed by atoms with Crippen molar-refractivity contribution in [2.75, 3.05) is 5.75 Å². The lowest BCUT2D eigenvalue weighted by Crippen LogP contribution is -2.08.